The van der Waals surface area contributed by atoms with Gasteiger partial charge in [0.1, 0.15) is 6.04 Å². The molecule has 0 radical (unpaired) electrons. The lowest BCUT2D eigenvalue weighted by atomic mass is 10.0. The number of nitrogens with zero attached hydrogens (tertiary/aromatic N) is 3. The second-order valence-corrected chi connectivity index (χ2v) is 8.56. The van der Waals surface area contributed by atoms with Gasteiger partial charge in [0.15, 0.2) is 0 Å². The topological polar surface area (TPSA) is 96.2 Å². The summed E-state index contributed by atoms with van der Waals surface area (Å²) in [5.41, 5.74) is 7.99. The number of nitrogens with two attached hydrogens (primary N) is 1. The van der Waals surface area contributed by atoms with Gasteiger partial charge in [0.05, 0.1) is 13.2 Å². The standard InChI is InChI=1S/C17H26N4O4S/c1-14-2-4-15(5-3-14)16(18)17(22)19-6-8-20(9-7-19)26(23,24)21-10-12-25-13-11-21/h2-5,16H,6-13,18H2,1H3. The molecule has 2 N–H and O–H groups in total. The Kier molecular flexibility index (Phi) is 5.93. The Morgan fingerprint density at radius 3 is 2.12 bits per heavy atom. The SMILES string of the molecule is Cc1ccc(C(N)C(=O)N2CCN(S(=O)(=O)N3CCOCC3)CC2)cc1. The van der Waals surface area contributed by atoms with Crippen molar-refractivity contribution >= 4 is 16.1 Å². The van der Waals surface area contributed by atoms with E-state index in [-0.39, 0.29) is 19.0 Å². The van der Waals surface area contributed by atoms with Gasteiger partial charge in [-0.2, -0.15) is 17.0 Å². The molecule has 1 aromatic rings. The number of carbonyl (C=O) groups excluding carboxylic acids is 1. The fraction of sp³-hybridized carbons (Fsp3) is 0.588. The van der Waals surface area contributed by atoms with Crippen molar-refractivity contribution in [2.45, 2.75) is 13.0 Å². The van der Waals surface area contributed by atoms with Crippen molar-refractivity contribution < 1.29 is 17.9 Å². The van der Waals surface area contributed by atoms with Crippen LogP contribution in [0.5, 0.6) is 0 Å². The average molecular weight is 382 g/mol. The smallest absolute Gasteiger partial charge is 0.282 e. The van der Waals surface area contributed by atoms with Gasteiger partial charge in [-0.1, -0.05) is 29.8 Å². The third-order valence-corrected chi connectivity index (χ3v) is 6.91. The van der Waals surface area contributed by atoms with Crippen molar-refractivity contribution in [2.75, 3.05) is 52.5 Å². The number of rotatable bonds is 4. The van der Waals surface area contributed by atoms with E-state index >= 15 is 0 Å². The molecule has 1 aromatic carbocycles. The number of carbonyl (C=O) groups is 1. The summed E-state index contributed by atoms with van der Waals surface area (Å²) in [5.74, 6) is -0.169. The average Bonchev–Trinajstić information content (AvgIpc) is 2.68. The van der Waals surface area contributed by atoms with Crippen LogP contribution in [0.4, 0.5) is 0 Å². The Hall–Kier alpha value is -1.52. The summed E-state index contributed by atoms with van der Waals surface area (Å²) in [6.45, 7) is 4.83. The summed E-state index contributed by atoms with van der Waals surface area (Å²) < 4.78 is 33.5. The lowest BCUT2D eigenvalue weighted by Gasteiger charge is -2.38. The van der Waals surface area contributed by atoms with Crippen LogP contribution >= 0.6 is 0 Å². The van der Waals surface area contributed by atoms with Crippen LogP contribution in [0.25, 0.3) is 0 Å². The zero-order valence-corrected chi connectivity index (χ0v) is 15.8. The minimum atomic E-state index is -3.49. The van der Waals surface area contributed by atoms with Gasteiger partial charge >= 0.3 is 0 Å². The summed E-state index contributed by atoms with van der Waals surface area (Å²) in [7, 11) is -3.49. The molecule has 2 heterocycles. The van der Waals surface area contributed by atoms with E-state index in [2.05, 4.69) is 0 Å². The van der Waals surface area contributed by atoms with Crippen LogP contribution < -0.4 is 5.73 Å². The molecule has 0 bridgehead atoms. The molecule has 3 rings (SSSR count). The van der Waals surface area contributed by atoms with Gasteiger partial charge in [-0.25, -0.2) is 0 Å². The van der Waals surface area contributed by atoms with Crippen LogP contribution in [0.2, 0.25) is 0 Å². The number of morpholine rings is 1. The molecule has 8 nitrogen and oxygen atoms in total. The predicted octanol–water partition coefficient (Wildman–Crippen LogP) is -0.284. The molecule has 26 heavy (non-hydrogen) atoms. The van der Waals surface area contributed by atoms with Gasteiger partial charge in [0.25, 0.3) is 10.2 Å². The molecule has 2 aliphatic heterocycles. The van der Waals surface area contributed by atoms with E-state index in [4.69, 9.17) is 10.5 Å². The fourth-order valence-corrected chi connectivity index (χ4v) is 4.75. The Balaban J connectivity index is 1.59. The largest absolute Gasteiger partial charge is 0.379 e. The first kappa shape index (κ1) is 19.2. The zero-order chi connectivity index (χ0) is 18.7. The first-order chi connectivity index (χ1) is 12.4. The Morgan fingerprint density at radius 2 is 1.54 bits per heavy atom. The maximum Gasteiger partial charge on any atom is 0.282 e. The number of aryl methyl sites for hydroxylation is 1. The summed E-state index contributed by atoms with van der Waals surface area (Å²) in [6.07, 6.45) is 0. The van der Waals surface area contributed by atoms with E-state index in [1.165, 1.54) is 8.61 Å². The second kappa shape index (κ2) is 8.01. The highest BCUT2D eigenvalue weighted by molar-refractivity contribution is 7.86. The summed E-state index contributed by atoms with van der Waals surface area (Å²) in [5, 5.41) is 0. The van der Waals surface area contributed by atoms with E-state index in [0.29, 0.717) is 39.4 Å². The molecular weight excluding hydrogens is 356 g/mol. The van der Waals surface area contributed by atoms with Gasteiger partial charge in [-0.15, -0.1) is 0 Å². The number of benzene rings is 1. The zero-order valence-electron chi connectivity index (χ0n) is 15.0. The minimum absolute atomic E-state index is 0.169. The molecule has 0 aliphatic carbocycles. The molecule has 1 amide bonds. The first-order valence-electron chi connectivity index (χ1n) is 8.83. The van der Waals surface area contributed by atoms with Crippen LogP contribution in [0, 0.1) is 6.92 Å². The third kappa shape index (κ3) is 4.07. The van der Waals surface area contributed by atoms with E-state index < -0.39 is 16.3 Å². The lowest BCUT2D eigenvalue weighted by Crippen LogP contribution is -2.56. The Morgan fingerprint density at radius 1 is 1.00 bits per heavy atom. The molecule has 1 atom stereocenters. The second-order valence-electron chi connectivity index (χ2n) is 6.63. The number of ether oxygens (including phenoxy) is 1. The highest BCUT2D eigenvalue weighted by Crippen LogP contribution is 2.18. The predicted molar refractivity (Wildman–Crippen MR) is 97.6 cm³/mol. The molecule has 144 valence electrons. The normalized spacial score (nSPS) is 21.5. The van der Waals surface area contributed by atoms with Crippen LogP contribution in [0.1, 0.15) is 17.2 Å². The monoisotopic (exact) mass is 382 g/mol. The molecule has 2 fully saturated rings. The van der Waals surface area contributed by atoms with Crippen molar-refractivity contribution in [3.63, 3.8) is 0 Å². The summed E-state index contributed by atoms with van der Waals surface area (Å²) in [4.78, 5) is 14.3. The van der Waals surface area contributed by atoms with E-state index in [1.54, 1.807) is 4.90 Å². The Labute approximate surface area is 154 Å². The number of hydrogen-bond donors (Lipinski definition) is 1. The highest BCUT2D eigenvalue weighted by Gasteiger charge is 2.35. The van der Waals surface area contributed by atoms with Crippen molar-refractivity contribution in [3.8, 4) is 0 Å². The molecule has 0 saturated carbocycles. The number of piperazine rings is 1. The molecule has 0 spiro atoms. The summed E-state index contributed by atoms with van der Waals surface area (Å²) in [6, 6.07) is 6.84. The van der Waals surface area contributed by atoms with Gasteiger partial charge in [0.2, 0.25) is 5.91 Å². The Bertz CT molecular complexity index is 724. The van der Waals surface area contributed by atoms with Crippen LogP contribution in [-0.2, 0) is 19.7 Å². The maximum absolute atomic E-state index is 12.7. The highest BCUT2D eigenvalue weighted by atomic mass is 32.2. The van der Waals surface area contributed by atoms with Crippen LogP contribution in [0.3, 0.4) is 0 Å². The van der Waals surface area contributed by atoms with Crippen LogP contribution in [0.15, 0.2) is 24.3 Å². The van der Waals surface area contributed by atoms with Crippen molar-refractivity contribution in [1.29, 1.82) is 0 Å². The molecular formula is C17H26N4O4S. The summed E-state index contributed by atoms with van der Waals surface area (Å²) >= 11 is 0. The van der Waals surface area contributed by atoms with E-state index in [0.717, 1.165) is 11.1 Å². The van der Waals surface area contributed by atoms with E-state index in [9.17, 15) is 13.2 Å². The lowest BCUT2D eigenvalue weighted by molar-refractivity contribution is -0.134. The minimum Gasteiger partial charge on any atom is -0.379 e. The molecule has 1 unspecified atom stereocenters. The fourth-order valence-electron chi connectivity index (χ4n) is 3.19. The van der Waals surface area contributed by atoms with Crippen molar-refractivity contribution in [2.24, 2.45) is 5.73 Å². The van der Waals surface area contributed by atoms with Gasteiger partial charge in [-0.3, -0.25) is 4.79 Å². The molecule has 2 saturated heterocycles. The molecule has 9 heteroatoms. The number of hydrogen-bond acceptors (Lipinski definition) is 5. The van der Waals surface area contributed by atoms with Gasteiger partial charge in [0, 0.05) is 39.3 Å². The number of amides is 1. The molecule has 2 aliphatic rings. The van der Waals surface area contributed by atoms with E-state index in [1.807, 2.05) is 31.2 Å². The quantitative estimate of drug-likeness (QED) is 0.772. The van der Waals surface area contributed by atoms with Crippen molar-refractivity contribution in [3.05, 3.63) is 35.4 Å². The van der Waals surface area contributed by atoms with Gasteiger partial charge < -0.3 is 15.4 Å². The first-order valence-corrected chi connectivity index (χ1v) is 10.2. The van der Waals surface area contributed by atoms with Crippen LogP contribution in [-0.4, -0.2) is 80.3 Å². The maximum atomic E-state index is 12.7. The molecule has 0 aromatic heterocycles. The van der Waals surface area contributed by atoms with Gasteiger partial charge in [-0.05, 0) is 12.5 Å². The van der Waals surface area contributed by atoms with Crippen molar-refractivity contribution in [1.82, 2.24) is 13.5 Å². The third-order valence-electron chi connectivity index (χ3n) is 4.88.